The Hall–Kier alpha value is -3.21. The van der Waals surface area contributed by atoms with Crippen LogP contribution < -0.4 is 25.7 Å². The number of thioether (sulfide) groups is 1. The normalized spacial score (nSPS) is 12.6. The zero-order valence-corrected chi connectivity index (χ0v) is 20.0. The van der Waals surface area contributed by atoms with Gasteiger partial charge in [0.1, 0.15) is 17.7 Å². The fraction of sp³-hybridized carbons (Fsp3) is 0.455. The first-order valence-corrected chi connectivity index (χ1v) is 11.5. The van der Waals surface area contributed by atoms with E-state index in [4.69, 9.17) is 19.0 Å². The fourth-order valence-electron chi connectivity index (χ4n) is 3.21. The van der Waals surface area contributed by atoms with Gasteiger partial charge in [0, 0.05) is 11.5 Å². The van der Waals surface area contributed by atoms with E-state index in [-0.39, 0.29) is 12.0 Å². The maximum atomic E-state index is 12.7. The molecule has 1 aromatic carbocycles. The van der Waals surface area contributed by atoms with Crippen LogP contribution in [-0.2, 0) is 20.8 Å². The minimum atomic E-state index is -1.19. The average molecular weight is 481 g/mol. The van der Waals surface area contributed by atoms with Gasteiger partial charge in [-0.15, -0.1) is 0 Å². The molecule has 0 aliphatic rings. The lowest BCUT2D eigenvalue weighted by molar-refractivity contribution is -0.141. The van der Waals surface area contributed by atoms with Crippen molar-refractivity contribution in [1.29, 1.82) is 0 Å². The summed E-state index contributed by atoms with van der Waals surface area (Å²) in [5, 5.41) is 14.6. The van der Waals surface area contributed by atoms with Crippen molar-refractivity contribution in [2.45, 2.75) is 38.8 Å². The van der Waals surface area contributed by atoms with Crippen LogP contribution in [0.5, 0.6) is 11.5 Å². The molecule has 1 aromatic heterocycles. The Balaban J connectivity index is 2.29. The van der Waals surface area contributed by atoms with Gasteiger partial charge < -0.3 is 29.6 Å². The molecule has 2 unspecified atom stereocenters. The third-order valence-corrected chi connectivity index (χ3v) is 5.76. The summed E-state index contributed by atoms with van der Waals surface area (Å²) in [7, 11) is 2.95. The first-order valence-electron chi connectivity index (χ1n) is 10.1. The molecule has 0 aliphatic carbocycles. The van der Waals surface area contributed by atoms with Gasteiger partial charge in [0.15, 0.2) is 11.5 Å². The summed E-state index contributed by atoms with van der Waals surface area (Å²) >= 11 is 1.48. The molecule has 0 fully saturated rings. The van der Waals surface area contributed by atoms with Gasteiger partial charge in [-0.2, -0.15) is 11.8 Å². The Bertz CT molecular complexity index is 1100. The number of carboxylic acids is 1. The molecule has 0 saturated carbocycles. The second kappa shape index (κ2) is 11.6. The van der Waals surface area contributed by atoms with Crippen LogP contribution in [0.1, 0.15) is 24.5 Å². The van der Waals surface area contributed by atoms with E-state index in [0.29, 0.717) is 40.2 Å². The molecular formula is C22H28N2O8S. The highest BCUT2D eigenvalue weighted by Gasteiger charge is 2.25. The molecule has 2 aromatic rings. The number of hydrogen-bond acceptors (Lipinski definition) is 8. The van der Waals surface area contributed by atoms with Crippen LogP contribution in [0.15, 0.2) is 21.3 Å². The number of aliphatic carboxylic acids is 1. The highest BCUT2D eigenvalue weighted by molar-refractivity contribution is 7.98. The van der Waals surface area contributed by atoms with Crippen molar-refractivity contribution in [2.75, 3.05) is 26.2 Å². The SMILES string of the molecule is COc1cc2oc(=O)c(CC(=O)NC(CCSC)C(=O)NC(C)C(=O)O)c(C)c2cc1OC. The van der Waals surface area contributed by atoms with Crippen LogP contribution in [0.4, 0.5) is 0 Å². The molecule has 180 valence electrons. The number of methoxy groups -OCH3 is 2. The van der Waals surface area contributed by atoms with Crippen molar-refractivity contribution < 1.29 is 33.4 Å². The van der Waals surface area contributed by atoms with Crippen LogP contribution >= 0.6 is 11.8 Å². The number of carbonyl (C=O) groups is 3. The molecule has 0 aliphatic heterocycles. The first-order chi connectivity index (χ1) is 15.6. The Kier molecular flexibility index (Phi) is 9.15. The third kappa shape index (κ3) is 6.41. The molecule has 2 amide bonds. The highest BCUT2D eigenvalue weighted by Crippen LogP contribution is 2.33. The van der Waals surface area contributed by atoms with Gasteiger partial charge in [0.25, 0.3) is 0 Å². The van der Waals surface area contributed by atoms with E-state index < -0.39 is 35.5 Å². The third-order valence-electron chi connectivity index (χ3n) is 5.12. The van der Waals surface area contributed by atoms with Crippen LogP contribution in [-0.4, -0.2) is 61.2 Å². The summed E-state index contributed by atoms with van der Waals surface area (Å²) in [4.78, 5) is 48.8. The van der Waals surface area contributed by atoms with Gasteiger partial charge in [0.2, 0.25) is 11.8 Å². The van der Waals surface area contributed by atoms with E-state index in [2.05, 4.69) is 10.6 Å². The number of rotatable bonds is 11. The largest absolute Gasteiger partial charge is 0.493 e. The maximum absolute atomic E-state index is 12.7. The summed E-state index contributed by atoms with van der Waals surface area (Å²) in [6, 6.07) is 1.16. The molecular weight excluding hydrogens is 452 g/mol. The summed E-state index contributed by atoms with van der Waals surface area (Å²) in [5.41, 5.74) is 0.309. The predicted octanol–water partition coefficient (Wildman–Crippen LogP) is 1.49. The Labute approximate surface area is 195 Å². The van der Waals surface area contributed by atoms with Crippen molar-refractivity contribution in [1.82, 2.24) is 10.6 Å². The lowest BCUT2D eigenvalue weighted by atomic mass is 10.0. The van der Waals surface area contributed by atoms with Gasteiger partial charge in [0.05, 0.1) is 26.2 Å². The summed E-state index contributed by atoms with van der Waals surface area (Å²) in [6.07, 6.45) is 1.84. The molecule has 0 saturated heterocycles. The molecule has 1 heterocycles. The minimum Gasteiger partial charge on any atom is -0.493 e. The van der Waals surface area contributed by atoms with Gasteiger partial charge in [-0.3, -0.25) is 14.4 Å². The number of ether oxygens (including phenoxy) is 2. The highest BCUT2D eigenvalue weighted by atomic mass is 32.2. The van der Waals surface area contributed by atoms with Gasteiger partial charge >= 0.3 is 11.6 Å². The number of amides is 2. The van der Waals surface area contributed by atoms with E-state index in [0.717, 1.165) is 0 Å². The molecule has 11 heteroatoms. The number of carbonyl (C=O) groups excluding carboxylic acids is 2. The maximum Gasteiger partial charge on any atom is 0.340 e. The summed E-state index contributed by atoms with van der Waals surface area (Å²) in [5.74, 6) is -0.941. The number of benzene rings is 1. The Morgan fingerprint density at radius 2 is 1.79 bits per heavy atom. The topological polar surface area (TPSA) is 144 Å². The average Bonchev–Trinajstić information content (AvgIpc) is 2.78. The van der Waals surface area contributed by atoms with Crippen LogP contribution in [0.3, 0.4) is 0 Å². The van der Waals surface area contributed by atoms with E-state index in [1.54, 1.807) is 19.1 Å². The van der Waals surface area contributed by atoms with E-state index >= 15 is 0 Å². The monoisotopic (exact) mass is 480 g/mol. The zero-order chi connectivity index (χ0) is 24.7. The van der Waals surface area contributed by atoms with Crippen LogP contribution in [0.25, 0.3) is 11.0 Å². The van der Waals surface area contributed by atoms with Crippen molar-refractivity contribution >= 4 is 40.5 Å². The van der Waals surface area contributed by atoms with Gasteiger partial charge in [-0.25, -0.2) is 4.79 Å². The standard InChI is InChI=1S/C22H28N2O8S/c1-11-13-8-17(30-3)18(31-4)10-16(13)32-22(29)14(11)9-19(25)24-15(6-7-33-5)20(26)23-12(2)21(27)28/h8,10,12,15H,6-7,9H2,1-5H3,(H,23,26)(H,24,25)(H,27,28). The van der Waals surface area contributed by atoms with Crippen LogP contribution in [0, 0.1) is 6.92 Å². The van der Waals surface area contributed by atoms with Crippen molar-refractivity contribution in [3.8, 4) is 11.5 Å². The number of aryl methyl sites for hydroxylation is 1. The predicted molar refractivity (Wildman–Crippen MR) is 124 cm³/mol. The second-order valence-electron chi connectivity index (χ2n) is 7.34. The lowest BCUT2D eigenvalue weighted by Gasteiger charge is -2.20. The Morgan fingerprint density at radius 3 is 2.36 bits per heavy atom. The molecule has 33 heavy (non-hydrogen) atoms. The van der Waals surface area contributed by atoms with E-state index in [1.165, 1.54) is 32.9 Å². The van der Waals surface area contributed by atoms with Gasteiger partial charge in [-0.05, 0) is 43.9 Å². The molecule has 0 spiro atoms. The Morgan fingerprint density at radius 1 is 1.15 bits per heavy atom. The molecule has 2 atom stereocenters. The van der Waals surface area contributed by atoms with Gasteiger partial charge in [-0.1, -0.05) is 0 Å². The zero-order valence-electron chi connectivity index (χ0n) is 19.1. The summed E-state index contributed by atoms with van der Waals surface area (Å²) < 4.78 is 15.9. The van der Waals surface area contributed by atoms with Crippen molar-refractivity contribution in [3.63, 3.8) is 0 Å². The number of fused-ring (bicyclic) bond motifs is 1. The van der Waals surface area contributed by atoms with Crippen molar-refractivity contribution in [2.24, 2.45) is 0 Å². The summed E-state index contributed by atoms with van der Waals surface area (Å²) in [6.45, 7) is 3.03. The number of carboxylic acid groups (broad SMARTS) is 1. The quantitative estimate of drug-likeness (QED) is 0.407. The van der Waals surface area contributed by atoms with Crippen molar-refractivity contribution in [3.05, 3.63) is 33.7 Å². The lowest BCUT2D eigenvalue weighted by Crippen LogP contribution is -2.51. The van der Waals surface area contributed by atoms with Crippen LogP contribution in [0.2, 0.25) is 0 Å². The molecule has 0 bridgehead atoms. The molecule has 3 N–H and O–H groups in total. The first kappa shape index (κ1) is 26.0. The number of nitrogens with one attached hydrogen (secondary N) is 2. The fourth-order valence-corrected chi connectivity index (χ4v) is 3.68. The van der Waals surface area contributed by atoms with E-state index in [1.807, 2.05) is 6.26 Å². The second-order valence-corrected chi connectivity index (χ2v) is 8.33. The smallest absolute Gasteiger partial charge is 0.340 e. The molecule has 0 radical (unpaired) electrons. The molecule has 10 nitrogen and oxygen atoms in total. The minimum absolute atomic E-state index is 0.148. The van der Waals surface area contributed by atoms with E-state index in [9.17, 15) is 19.2 Å². The number of hydrogen-bond donors (Lipinski definition) is 3. The molecule has 2 rings (SSSR count).